The van der Waals surface area contributed by atoms with Crippen LogP contribution in [-0.4, -0.2) is 28.8 Å². The van der Waals surface area contributed by atoms with E-state index in [1.165, 1.54) is 6.20 Å². The van der Waals surface area contributed by atoms with Crippen LogP contribution in [0.1, 0.15) is 11.1 Å². The smallest absolute Gasteiger partial charge is 0.244 e. The van der Waals surface area contributed by atoms with Gasteiger partial charge in [-0.15, -0.1) is 5.10 Å². The molecule has 2 aromatic carbocycles. The Morgan fingerprint density at radius 3 is 2.88 bits per heavy atom. The zero-order valence-corrected chi connectivity index (χ0v) is 14.3. The highest BCUT2D eigenvalue weighted by Gasteiger charge is 2.03. The first kappa shape index (κ1) is 17.2. The van der Waals surface area contributed by atoms with Gasteiger partial charge >= 0.3 is 0 Å². The summed E-state index contributed by atoms with van der Waals surface area (Å²) in [7, 11) is 1.65. The van der Waals surface area contributed by atoms with E-state index in [-0.39, 0.29) is 0 Å². The summed E-state index contributed by atoms with van der Waals surface area (Å²) in [5, 5.41) is 23.2. The minimum atomic E-state index is 0.439. The Balaban J connectivity index is 1.59. The number of nitrogens with one attached hydrogen (secondary N) is 2. The van der Waals surface area contributed by atoms with E-state index < -0.39 is 0 Å². The van der Waals surface area contributed by atoms with Gasteiger partial charge < -0.3 is 15.4 Å². The van der Waals surface area contributed by atoms with Gasteiger partial charge in [-0.3, -0.25) is 0 Å². The molecule has 1 aromatic heterocycles. The largest absolute Gasteiger partial charge is 0.497 e. The summed E-state index contributed by atoms with van der Waals surface area (Å²) < 4.78 is 5.22. The zero-order valence-electron chi connectivity index (χ0n) is 14.3. The normalized spacial score (nSPS) is 10.0. The molecule has 7 heteroatoms. The van der Waals surface area contributed by atoms with Crippen molar-refractivity contribution in [2.45, 2.75) is 6.42 Å². The predicted octanol–water partition coefficient (Wildman–Crippen LogP) is 3.15. The molecule has 0 unspecified atom stereocenters. The lowest BCUT2D eigenvalue weighted by molar-refractivity contribution is 0.414. The molecule has 0 bridgehead atoms. The van der Waals surface area contributed by atoms with Gasteiger partial charge in [0.25, 0.3) is 0 Å². The molecule has 0 aliphatic rings. The zero-order chi connectivity index (χ0) is 18.2. The summed E-state index contributed by atoms with van der Waals surface area (Å²) in [6.07, 6.45) is 2.34. The molecule has 0 aliphatic heterocycles. The van der Waals surface area contributed by atoms with E-state index >= 15 is 0 Å². The molecule has 7 nitrogen and oxygen atoms in total. The van der Waals surface area contributed by atoms with Gasteiger partial charge in [-0.1, -0.05) is 18.2 Å². The molecule has 0 atom stereocenters. The second-order valence-electron chi connectivity index (χ2n) is 5.51. The fraction of sp³-hybridized carbons (Fsp3) is 0.158. The molecular formula is C19H18N6O. The van der Waals surface area contributed by atoms with Crippen molar-refractivity contribution in [3.63, 3.8) is 0 Å². The number of anilines is 3. The van der Waals surface area contributed by atoms with Gasteiger partial charge in [0.2, 0.25) is 5.95 Å². The number of rotatable bonds is 7. The predicted molar refractivity (Wildman–Crippen MR) is 99.5 cm³/mol. The highest BCUT2D eigenvalue weighted by atomic mass is 16.5. The molecule has 0 saturated heterocycles. The van der Waals surface area contributed by atoms with Crippen molar-refractivity contribution in [1.82, 2.24) is 15.2 Å². The fourth-order valence-corrected chi connectivity index (χ4v) is 2.40. The molecule has 130 valence electrons. The SMILES string of the molecule is COc1cccc(CCNc2nncc(Nc3cccc(C#N)c3)n2)c1. The van der Waals surface area contributed by atoms with Gasteiger partial charge in [-0.05, 0) is 42.3 Å². The lowest BCUT2D eigenvalue weighted by Gasteiger charge is -2.08. The number of hydrogen-bond donors (Lipinski definition) is 2. The Hall–Kier alpha value is -3.66. The van der Waals surface area contributed by atoms with Crippen molar-refractivity contribution in [3.05, 3.63) is 65.9 Å². The highest BCUT2D eigenvalue weighted by molar-refractivity contribution is 5.58. The van der Waals surface area contributed by atoms with E-state index in [0.717, 1.165) is 23.4 Å². The van der Waals surface area contributed by atoms with E-state index in [9.17, 15) is 0 Å². The fourth-order valence-electron chi connectivity index (χ4n) is 2.40. The van der Waals surface area contributed by atoms with Crippen LogP contribution in [0.2, 0.25) is 0 Å². The van der Waals surface area contributed by atoms with Crippen LogP contribution in [0.3, 0.4) is 0 Å². The minimum absolute atomic E-state index is 0.439. The summed E-state index contributed by atoms with van der Waals surface area (Å²) >= 11 is 0. The topological polar surface area (TPSA) is 95.8 Å². The van der Waals surface area contributed by atoms with Gasteiger partial charge in [0.05, 0.1) is 24.9 Å². The van der Waals surface area contributed by atoms with E-state index in [1.807, 2.05) is 36.4 Å². The van der Waals surface area contributed by atoms with Crippen LogP contribution in [0, 0.1) is 11.3 Å². The quantitative estimate of drug-likeness (QED) is 0.678. The van der Waals surface area contributed by atoms with Crippen molar-refractivity contribution in [2.24, 2.45) is 0 Å². The van der Waals surface area contributed by atoms with E-state index in [0.29, 0.717) is 23.9 Å². The number of nitrogens with zero attached hydrogens (tertiary/aromatic N) is 4. The molecule has 0 amide bonds. The lowest BCUT2D eigenvalue weighted by Crippen LogP contribution is -2.09. The van der Waals surface area contributed by atoms with Crippen LogP contribution < -0.4 is 15.4 Å². The Bertz CT molecular complexity index is 922. The second-order valence-corrected chi connectivity index (χ2v) is 5.51. The number of methoxy groups -OCH3 is 1. The monoisotopic (exact) mass is 346 g/mol. The maximum Gasteiger partial charge on any atom is 0.244 e. The highest BCUT2D eigenvalue weighted by Crippen LogP contribution is 2.16. The summed E-state index contributed by atoms with van der Waals surface area (Å²) in [4.78, 5) is 4.39. The van der Waals surface area contributed by atoms with Crippen LogP contribution in [0.15, 0.2) is 54.7 Å². The molecule has 0 saturated carbocycles. The number of ether oxygens (including phenoxy) is 1. The van der Waals surface area contributed by atoms with Crippen LogP contribution in [0.4, 0.5) is 17.5 Å². The van der Waals surface area contributed by atoms with E-state index in [1.54, 1.807) is 19.2 Å². The number of aromatic nitrogens is 3. The Morgan fingerprint density at radius 1 is 1.15 bits per heavy atom. The van der Waals surface area contributed by atoms with E-state index in [2.05, 4.69) is 31.9 Å². The molecule has 1 heterocycles. The van der Waals surface area contributed by atoms with Crippen molar-refractivity contribution in [1.29, 1.82) is 5.26 Å². The maximum absolute atomic E-state index is 8.96. The number of nitriles is 1. The first-order chi connectivity index (χ1) is 12.8. The molecule has 3 aromatic rings. The van der Waals surface area contributed by atoms with Crippen LogP contribution >= 0.6 is 0 Å². The standard InChI is InChI=1S/C19H18N6O/c1-26-17-7-3-4-14(11-17)8-9-21-19-24-18(13-22-25-19)23-16-6-2-5-15(10-16)12-20/h2-7,10-11,13H,8-9H2,1H3,(H2,21,23,24,25). The van der Waals surface area contributed by atoms with Gasteiger partial charge in [-0.25, -0.2) is 0 Å². The van der Waals surface area contributed by atoms with Gasteiger partial charge in [-0.2, -0.15) is 15.3 Å². The van der Waals surface area contributed by atoms with Gasteiger partial charge in [0.15, 0.2) is 5.82 Å². The van der Waals surface area contributed by atoms with Crippen LogP contribution in [0.25, 0.3) is 0 Å². The Morgan fingerprint density at radius 2 is 2.04 bits per heavy atom. The number of benzene rings is 2. The summed E-state index contributed by atoms with van der Waals surface area (Å²) in [5.74, 6) is 1.83. The summed E-state index contributed by atoms with van der Waals surface area (Å²) in [6, 6.07) is 17.2. The number of hydrogen-bond acceptors (Lipinski definition) is 7. The molecule has 0 spiro atoms. The van der Waals surface area contributed by atoms with Crippen molar-refractivity contribution < 1.29 is 4.74 Å². The molecule has 0 aliphatic carbocycles. The molecule has 0 radical (unpaired) electrons. The lowest BCUT2D eigenvalue weighted by atomic mass is 10.1. The van der Waals surface area contributed by atoms with Crippen molar-refractivity contribution >= 4 is 17.5 Å². The van der Waals surface area contributed by atoms with Gasteiger partial charge in [0.1, 0.15) is 5.75 Å². The van der Waals surface area contributed by atoms with Crippen LogP contribution in [-0.2, 0) is 6.42 Å². The molecular weight excluding hydrogens is 328 g/mol. The first-order valence-electron chi connectivity index (χ1n) is 8.10. The summed E-state index contributed by atoms with van der Waals surface area (Å²) in [6.45, 7) is 0.669. The van der Waals surface area contributed by atoms with Crippen molar-refractivity contribution in [3.8, 4) is 11.8 Å². The maximum atomic E-state index is 8.96. The van der Waals surface area contributed by atoms with Crippen molar-refractivity contribution in [2.75, 3.05) is 24.3 Å². The molecule has 0 fully saturated rings. The Kier molecular flexibility index (Phi) is 5.58. The third-order valence-corrected chi connectivity index (χ3v) is 3.65. The molecule has 2 N–H and O–H groups in total. The molecule has 3 rings (SSSR count). The Labute approximate surface area is 151 Å². The van der Waals surface area contributed by atoms with E-state index in [4.69, 9.17) is 10.00 Å². The third kappa shape index (κ3) is 4.68. The second kappa shape index (κ2) is 8.44. The third-order valence-electron chi connectivity index (χ3n) is 3.65. The van der Waals surface area contributed by atoms with Crippen LogP contribution in [0.5, 0.6) is 5.75 Å². The average Bonchev–Trinajstić information content (AvgIpc) is 2.68. The summed E-state index contributed by atoms with van der Waals surface area (Å²) in [5.41, 5.74) is 2.51. The van der Waals surface area contributed by atoms with Gasteiger partial charge in [0, 0.05) is 12.2 Å². The average molecular weight is 346 g/mol. The minimum Gasteiger partial charge on any atom is -0.497 e. The molecule has 26 heavy (non-hydrogen) atoms. The first-order valence-corrected chi connectivity index (χ1v) is 8.10.